The molecule has 0 saturated heterocycles. The minimum absolute atomic E-state index is 0.280. The zero-order valence-corrected chi connectivity index (χ0v) is 13.4. The van der Waals surface area contributed by atoms with Gasteiger partial charge < -0.3 is 9.53 Å². The van der Waals surface area contributed by atoms with Gasteiger partial charge in [0.25, 0.3) is 0 Å². The zero-order chi connectivity index (χ0) is 15.2. The van der Waals surface area contributed by atoms with E-state index >= 15 is 0 Å². The maximum absolute atomic E-state index is 12.3. The highest BCUT2D eigenvalue weighted by Gasteiger charge is 2.32. The van der Waals surface area contributed by atoms with Gasteiger partial charge in [0.2, 0.25) is 0 Å². The SMILES string of the molecule is CCN(C(=O)OC(C)(C)C)C(C=O)C1CCCCCC1. The maximum atomic E-state index is 12.3. The first kappa shape index (κ1) is 17.0. The van der Waals surface area contributed by atoms with Crippen LogP contribution in [0.25, 0.3) is 0 Å². The van der Waals surface area contributed by atoms with Gasteiger partial charge in [0.1, 0.15) is 11.9 Å². The number of carbonyl (C=O) groups excluding carboxylic acids is 2. The molecule has 0 N–H and O–H groups in total. The number of likely N-dealkylation sites (N-methyl/N-ethyl adjacent to an activating group) is 1. The van der Waals surface area contributed by atoms with Crippen molar-refractivity contribution < 1.29 is 14.3 Å². The van der Waals surface area contributed by atoms with Gasteiger partial charge in [-0.3, -0.25) is 4.90 Å². The van der Waals surface area contributed by atoms with Gasteiger partial charge in [0.05, 0.1) is 6.04 Å². The summed E-state index contributed by atoms with van der Waals surface area (Å²) >= 11 is 0. The van der Waals surface area contributed by atoms with Crippen LogP contribution in [0, 0.1) is 5.92 Å². The van der Waals surface area contributed by atoms with Crippen molar-refractivity contribution in [1.82, 2.24) is 4.90 Å². The molecule has 4 nitrogen and oxygen atoms in total. The minimum Gasteiger partial charge on any atom is -0.444 e. The van der Waals surface area contributed by atoms with Crippen LogP contribution in [-0.2, 0) is 9.53 Å². The molecule has 0 radical (unpaired) electrons. The Morgan fingerprint density at radius 1 is 1.25 bits per heavy atom. The molecule has 4 heteroatoms. The van der Waals surface area contributed by atoms with Gasteiger partial charge in [-0.05, 0) is 46.5 Å². The summed E-state index contributed by atoms with van der Waals surface area (Å²) in [5, 5.41) is 0. The van der Waals surface area contributed by atoms with Crippen LogP contribution < -0.4 is 0 Å². The monoisotopic (exact) mass is 283 g/mol. The molecular weight excluding hydrogens is 254 g/mol. The Labute approximate surface area is 122 Å². The summed E-state index contributed by atoms with van der Waals surface area (Å²) in [5.41, 5.74) is -0.526. The van der Waals surface area contributed by atoms with Crippen LogP contribution in [0.15, 0.2) is 0 Å². The molecule has 0 aromatic carbocycles. The van der Waals surface area contributed by atoms with Crippen molar-refractivity contribution in [3.8, 4) is 0 Å². The average Bonchev–Trinajstić information content (AvgIpc) is 2.62. The number of amides is 1. The normalized spacial score (nSPS) is 19.0. The number of nitrogens with zero attached hydrogens (tertiary/aromatic N) is 1. The molecular formula is C16H29NO3. The molecule has 1 unspecified atom stereocenters. The lowest BCUT2D eigenvalue weighted by atomic mass is 9.91. The Bertz CT molecular complexity index is 314. The van der Waals surface area contributed by atoms with E-state index in [9.17, 15) is 9.59 Å². The molecule has 20 heavy (non-hydrogen) atoms. The smallest absolute Gasteiger partial charge is 0.410 e. The summed E-state index contributed by atoms with van der Waals surface area (Å²) in [4.78, 5) is 25.4. The van der Waals surface area contributed by atoms with Crippen molar-refractivity contribution in [2.24, 2.45) is 5.92 Å². The lowest BCUT2D eigenvalue weighted by Crippen LogP contribution is -2.47. The molecule has 0 spiro atoms. The summed E-state index contributed by atoms with van der Waals surface area (Å²) in [5.74, 6) is 0.280. The topological polar surface area (TPSA) is 46.6 Å². The molecule has 1 saturated carbocycles. The number of hydrogen-bond acceptors (Lipinski definition) is 3. The van der Waals surface area contributed by atoms with Gasteiger partial charge >= 0.3 is 6.09 Å². The molecule has 0 aromatic heterocycles. The Kier molecular flexibility index (Phi) is 6.50. The second kappa shape index (κ2) is 7.65. The largest absolute Gasteiger partial charge is 0.444 e. The number of hydrogen-bond donors (Lipinski definition) is 0. The van der Waals surface area contributed by atoms with Gasteiger partial charge in [0.15, 0.2) is 0 Å². The predicted molar refractivity (Wildman–Crippen MR) is 79.7 cm³/mol. The van der Waals surface area contributed by atoms with Gasteiger partial charge in [0, 0.05) is 6.54 Å². The summed E-state index contributed by atoms with van der Waals surface area (Å²) in [6, 6.07) is -0.340. The molecule has 1 amide bonds. The predicted octanol–water partition coefficient (Wildman–Crippen LogP) is 3.78. The lowest BCUT2D eigenvalue weighted by molar-refractivity contribution is -0.114. The summed E-state index contributed by atoms with van der Waals surface area (Å²) in [6.07, 6.45) is 7.40. The van der Waals surface area contributed by atoms with Gasteiger partial charge in [-0.2, -0.15) is 0 Å². The van der Waals surface area contributed by atoms with E-state index in [0.717, 1.165) is 32.0 Å². The van der Waals surface area contributed by atoms with E-state index in [2.05, 4.69) is 0 Å². The van der Waals surface area contributed by atoms with E-state index in [1.807, 2.05) is 27.7 Å². The first-order valence-electron chi connectivity index (χ1n) is 7.84. The Balaban J connectivity index is 2.77. The fourth-order valence-corrected chi connectivity index (χ4v) is 2.87. The van der Waals surface area contributed by atoms with Crippen LogP contribution in [0.1, 0.15) is 66.2 Å². The van der Waals surface area contributed by atoms with Gasteiger partial charge in [-0.1, -0.05) is 25.7 Å². The van der Waals surface area contributed by atoms with Crippen LogP contribution in [0.2, 0.25) is 0 Å². The van der Waals surface area contributed by atoms with Gasteiger partial charge in [-0.25, -0.2) is 4.79 Å². The fourth-order valence-electron chi connectivity index (χ4n) is 2.87. The Morgan fingerprint density at radius 3 is 2.20 bits per heavy atom. The third kappa shape index (κ3) is 5.14. The summed E-state index contributed by atoms with van der Waals surface area (Å²) in [6.45, 7) is 7.95. The average molecular weight is 283 g/mol. The first-order chi connectivity index (χ1) is 9.39. The van der Waals surface area contributed by atoms with E-state index in [-0.39, 0.29) is 18.1 Å². The van der Waals surface area contributed by atoms with E-state index < -0.39 is 5.60 Å². The first-order valence-corrected chi connectivity index (χ1v) is 7.84. The molecule has 0 heterocycles. The van der Waals surface area contributed by atoms with Crippen molar-refractivity contribution >= 4 is 12.4 Å². The molecule has 1 rings (SSSR count). The summed E-state index contributed by atoms with van der Waals surface area (Å²) < 4.78 is 5.42. The standard InChI is InChI=1S/C16H29NO3/c1-5-17(15(19)20-16(2,3)4)14(12-18)13-10-8-6-7-9-11-13/h12-14H,5-11H2,1-4H3. The second-order valence-corrected chi connectivity index (χ2v) is 6.64. The number of carbonyl (C=O) groups is 2. The zero-order valence-electron chi connectivity index (χ0n) is 13.4. The highest BCUT2D eigenvalue weighted by molar-refractivity contribution is 5.74. The third-order valence-corrected chi connectivity index (χ3v) is 3.85. The highest BCUT2D eigenvalue weighted by atomic mass is 16.6. The highest BCUT2D eigenvalue weighted by Crippen LogP contribution is 2.28. The molecule has 1 fully saturated rings. The molecule has 116 valence electrons. The molecule has 0 aliphatic heterocycles. The number of rotatable bonds is 4. The van der Waals surface area contributed by atoms with Crippen LogP contribution in [0.4, 0.5) is 4.79 Å². The Hall–Kier alpha value is -1.06. The molecule has 1 atom stereocenters. The van der Waals surface area contributed by atoms with Crippen molar-refractivity contribution in [3.63, 3.8) is 0 Å². The van der Waals surface area contributed by atoms with Crippen molar-refractivity contribution in [2.75, 3.05) is 6.54 Å². The van der Waals surface area contributed by atoms with E-state index in [0.29, 0.717) is 6.54 Å². The van der Waals surface area contributed by atoms with Crippen LogP contribution in [0.5, 0.6) is 0 Å². The van der Waals surface area contributed by atoms with E-state index in [1.54, 1.807) is 4.90 Å². The van der Waals surface area contributed by atoms with Crippen molar-refractivity contribution in [1.29, 1.82) is 0 Å². The maximum Gasteiger partial charge on any atom is 0.410 e. The molecule has 0 aromatic rings. The Morgan fingerprint density at radius 2 is 1.80 bits per heavy atom. The molecule has 1 aliphatic carbocycles. The lowest BCUT2D eigenvalue weighted by Gasteiger charge is -2.34. The fraction of sp³-hybridized carbons (Fsp3) is 0.875. The minimum atomic E-state index is -0.526. The quantitative estimate of drug-likeness (QED) is 0.582. The van der Waals surface area contributed by atoms with Gasteiger partial charge in [-0.15, -0.1) is 0 Å². The van der Waals surface area contributed by atoms with Crippen LogP contribution in [0.3, 0.4) is 0 Å². The van der Waals surface area contributed by atoms with E-state index in [4.69, 9.17) is 4.74 Å². The van der Waals surface area contributed by atoms with Crippen LogP contribution in [-0.4, -0.2) is 35.5 Å². The number of aldehydes is 1. The van der Waals surface area contributed by atoms with Crippen LogP contribution >= 0.6 is 0 Å². The van der Waals surface area contributed by atoms with Crippen molar-refractivity contribution in [2.45, 2.75) is 77.9 Å². The number of ether oxygens (including phenoxy) is 1. The van der Waals surface area contributed by atoms with Crippen molar-refractivity contribution in [3.05, 3.63) is 0 Å². The molecule has 1 aliphatic rings. The summed E-state index contributed by atoms with van der Waals surface area (Å²) in [7, 11) is 0. The molecule has 0 bridgehead atoms. The van der Waals surface area contributed by atoms with E-state index in [1.165, 1.54) is 12.8 Å². The third-order valence-electron chi connectivity index (χ3n) is 3.85. The second-order valence-electron chi connectivity index (χ2n) is 6.64.